The first-order valence-electron chi connectivity index (χ1n) is 3.27. The van der Waals surface area contributed by atoms with E-state index in [1.807, 2.05) is 0 Å². The molecule has 0 radical (unpaired) electrons. The zero-order valence-corrected chi connectivity index (χ0v) is 8.04. The molecule has 0 unspecified atom stereocenters. The summed E-state index contributed by atoms with van der Waals surface area (Å²) in [6, 6.07) is 0. The van der Waals surface area contributed by atoms with E-state index < -0.39 is 32.2 Å². The molecule has 0 bridgehead atoms. The van der Waals surface area contributed by atoms with Crippen molar-refractivity contribution in [2.45, 2.75) is 23.4 Å². The van der Waals surface area contributed by atoms with Crippen molar-refractivity contribution in [3.63, 3.8) is 0 Å². The van der Waals surface area contributed by atoms with E-state index in [0.29, 0.717) is 0 Å². The van der Waals surface area contributed by atoms with Crippen LogP contribution in [-0.2, 0) is 0 Å². The van der Waals surface area contributed by atoms with Gasteiger partial charge in [0, 0.05) is 0 Å². The van der Waals surface area contributed by atoms with E-state index in [1.54, 1.807) is 0 Å². The minimum Gasteiger partial charge on any atom is -0.257 e. The summed E-state index contributed by atoms with van der Waals surface area (Å²) < 4.78 is 140. The smallest absolute Gasteiger partial charge is 0.257 e. The topological polar surface area (TPSA) is 0 Å². The summed E-state index contributed by atoms with van der Waals surface area (Å²) in [5, 5.41) is 0. The molecule has 0 amide bonds. The second kappa shape index (κ2) is 3.68. The summed E-state index contributed by atoms with van der Waals surface area (Å²) >= 11 is 0. The van der Waals surface area contributed by atoms with Crippen molar-refractivity contribution >= 4 is 8.74 Å². The van der Waals surface area contributed by atoms with Gasteiger partial charge >= 0.3 is 32.2 Å². The standard InChI is InChI=1S/C4F12Si/c5-1(6,7)3(11,12)17(15,16)4(13,14)2(8,9)10. The van der Waals surface area contributed by atoms with Gasteiger partial charge in [0.1, 0.15) is 0 Å². The number of rotatable bonds is 2. The fourth-order valence-electron chi connectivity index (χ4n) is 0.553. The summed E-state index contributed by atoms with van der Waals surface area (Å²) in [5.41, 5.74) is -14.8. The molecular weight excluding hydrogens is 304 g/mol. The van der Waals surface area contributed by atoms with Crippen LogP contribution in [-0.4, -0.2) is 32.2 Å². The number of alkyl halides is 10. The first-order valence-corrected chi connectivity index (χ1v) is 5.02. The van der Waals surface area contributed by atoms with E-state index in [0.717, 1.165) is 0 Å². The fraction of sp³-hybridized carbons (Fsp3) is 1.00. The lowest BCUT2D eigenvalue weighted by Crippen LogP contribution is -2.69. The van der Waals surface area contributed by atoms with Gasteiger partial charge in [-0.2, -0.15) is 43.9 Å². The Morgan fingerprint density at radius 2 is 0.647 bits per heavy atom. The Bertz CT molecular complexity index is 254. The molecule has 0 aromatic carbocycles. The monoisotopic (exact) mass is 304 g/mol. The van der Waals surface area contributed by atoms with Crippen molar-refractivity contribution in [3.8, 4) is 0 Å². The maximum absolute atomic E-state index is 12.2. The molecule has 0 aromatic heterocycles. The average Bonchev–Trinajstić information content (AvgIpc) is 1.98. The van der Waals surface area contributed by atoms with Crippen molar-refractivity contribution in [2.24, 2.45) is 0 Å². The van der Waals surface area contributed by atoms with Crippen LogP contribution >= 0.6 is 0 Å². The third-order valence-electron chi connectivity index (χ3n) is 1.50. The normalized spacial score (nSPS) is 16.2. The van der Waals surface area contributed by atoms with E-state index in [9.17, 15) is 52.1 Å². The van der Waals surface area contributed by atoms with Crippen molar-refractivity contribution in [1.82, 2.24) is 0 Å². The van der Waals surface area contributed by atoms with Crippen LogP contribution < -0.4 is 0 Å². The molecule has 0 rings (SSSR count). The predicted octanol–water partition coefficient (Wildman–Crippen LogP) is 3.84. The Morgan fingerprint density at radius 1 is 0.471 bits per heavy atom. The van der Waals surface area contributed by atoms with Crippen LogP contribution in [0.15, 0.2) is 0 Å². The maximum atomic E-state index is 12.2. The largest absolute Gasteiger partial charge is 0.582 e. The second-order valence-electron chi connectivity index (χ2n) is 2.72. The zero-order valence-electron chi connectivity index (χ0n) is 7.04. The van der Waals surface area contributed by atoms with Crippen LogP contribution in [0.3, 0.4) is 0 Å². The molecule has 0 saturated heterocycles. The quantitative estimate of drug-likeness (QED) is 0.413. The van der Waals surface area contributed by atoms with Gasteiger partial charge < -0.3 is 0 Å². The van der Waals surface area contributed by atoms with Crippen LogP contribution in [0.4, 0.5) is 52.1 Å². The van der Waals surface area contributed by atoms with Gasteiger partial charge in [0.2, 0.25) is 0 Å². The molecule has 0 heterocycles. The van der Waals surface area contributed by atoms with Gasteiger partial charge in [0.05, 0.1) is 0 Å². The summed E-state index contributed by atoms with van der Waals surface area (Å²) in [6.07, 6.45) is -14.4. The van der Waals surface area contributed by atoms with Gasteiger partial charge in [0.15, 0.2) is 0 Å². The van der Waals surface area contributed by atoms with Crippen molar-refractivity contribution in [3.05, 3.63) is 0 Å². The highest BCUT2D eigenvalue weighted by molar-refractivity contribution is 6.71. The summed E-state index contributed by atoms with van der Waals surface area (Å²) in [6.45, 7) is 0. The Morgan fingerprint density at radius 3 is 0.765 bits per heavy atom. The highest BCUT2D eigenvalue weighted by atomic mass is 28.4. The Hall–Kier alpha value is -0.623. The van der Waals surface area contributed by atoms with E-state index >= 15 is 0 Å². The summed E-state index contributed by atoms with van der Waals surface area (Å²) in [7, 11) is -9.35. The van der Waals surface area contributed by atoms with E-state index in [-0.39, 0.29) is 0 Å². The molecule has 104 valence electrons. The van der Waals surface area contributed by atoms with Gasteiger partial charge in [0.25, 0.3) is 0 Å². The molecule has 0 nitrogen and oxygen atoms in total. The maximum Gasteiger partial charge on any atom is 0.582 e. The Labute approximate surface area is 85.5 Å². The minimum atomic E-state index is -9.35. The van der Waals surface area contributed by atoms with Gasteiger partial charge in [-0.25, -0.2) is 0 Å². The Balaban J connectivity index is 5.73. The average molecular weight is 304 g/mol. The summed E-state index contributed by atoms with van der Waals surface area (Å²) in [5.74, 6) is 0. The number of halogens is 12. The second-order valence-corrected chi connectivity index (χ2v) is 5.12. The molecule has 0 atom stereocenters. The van der Waals surface area contributed by atoms with E-state index in [1.165, 1.54) is 0 Å². The lowest BCUT2D eigenvalue weighted by Gasteiger charge is -2.31. The zero-order chi connectivity index (χ0) is 14.5. The lowest BCUT2D eigenvalue weighted by molar-refractivity contribution is -0.286. The van der Waals surface area contributed by atoms with Crippen LogP contribution in [0.2, 0.25) is 0 Å². The predicted molar refractivity (Wildman–Crippen MR) is 30.0 cm³/mol. The number of hydrogen-bond acceptors (Lipinski definition) is 0. The molecule has 0 spiro atoms. The summed E-state index contributed by atoms with van der Waals surface area (Å²) in [4.78, 5) is 0. The third-order valence-corrected chi connectivity index (χ3v) is 3.65. The third kappa shape index (κ3) is 2.20. The lowest BCUT2D eigenvalue weighted by atomic mass is 10.7. The molecule has 0 aromatic rings. The van der Waals surface area contributed by atoms with Crippen LogP contribution in [0.1, 0.15) is 0 Å². The van der Waals surface area contributed by atoms with Crippen molar-refractivity contribution < 1.29 is 52.1 Å². The van der Waals surface area contributed by atoms with E-state index in [2.05, 4.69) is 0 Å². The van der Waals surface area contributed by atoms with Gasteiger partial charge in [-0.05, 0) is 0 Å². The van der Waals surface area contributed by atoms with Crippen molar-refractivity contribution in [2.75, 3.05) is 0 Å². The van der Waals surface area contributed by atoms with Gasteiger partial charge in [-0.3, -0.25) is 8.22 Å². The molecule has 0 N–H and O–H groups in total. The van der Waals surface area contributed by atoms with Crippen LogP contribution in [0.25, 0.3) is 0 Å². The highest BCUT2D eigenvalue weighted by Gasteiger charge is 2.91. The SMILES string of the molecule is FC(F)(F)C(F)(F)[Si](F)(F)C(F)(F)C(F)(F)F. The number of hydrogen-bond donors (Lipinski definition) is 0. The molecule has 0 aliphatic rings. The fourth-order valence-corrected chi connectivity index (χ4v) is 1.66. The van der Waals surface area contributed by atoms with Crippen LogP contribution in [0.5, 0.6) is 0 Å². The molecule has 0 aliphatic carbocycles. The van der Waals surface area contributed by atoms with E-state index in [4.69, 9.17) is 0 Å². The molecule has 13 heteroatoms. The van der Waals surface area contributed by atoms with Gasteiger partial charge in [-0.15, -0.1) is 0 Å². The molecular formula is C4F12Si. The first-order chi connectivity index (χ1) is 7.00. The molecule has 17 heavy (non-hydrogen) atoms. The minimum absolute atomic E-state index is 7.20. The first kappa shape index (κ1) is 16.4. The van der Waals surface area contributed by atoms with Gasteiger partial charge in [-0.1, -0.05) is 0 Å². The van der Waals surface area contributed by atoms with Crippen LogP contribution in [0, 0.1) is 0 Å². The highest BCUT2D eigenvalue weighted by Crippen LogP contribution is 2.54. The Kier molecular flexibility index (Phi) is 3.55. The van der Waals surface area contributed by atoms with Crippen molar-refractivity contribution in [1.29, 1.82) is 0 Å². The molecule has 0 aliphatic heterocycles. The molecule has 0 fully saturated rings. The molecule has 0 saturated carbocycles.